The van der Waals surface area contributed by atoms with Gasteiger partial charge in [0.1, 0.15) is 11.3 Å². The number of aromatic nitrogens is 5. The lowest BCUT2D eigenvalue weighted by atomic mass is 10.1. The fourth-order valence-corrected chi connectivity index (χ4v) is 3.84. The van der Waals surface area contributed by atoms with Gasteiger partial charge in [-0.3, -0.25) is 9.20 Å². The van der Waals surface area contributed by atoms with E-state index in [1.165, 1.54) is 7.11 Å². The number of aromatic amines is 1. The van der Waals surface area contributed by atoms with E-state index in [0.29, 0.717) is 28.5 Å². The van der Waals surface area contributed by atoms with E-state index in [1.54, 1.807) is 66.1 Å². The molecule has 0 atom stereocenters. The summed E-state index contributed by atoms with van der Waals surface area (Å²) in [5, 5.41) is 3.66. The van der Waals surface area contributed by atoms with Crippen LogP contribution in [0.25, 0.3) is 33.7 Å². The maximum Gasteiger partial charge on any atom is 0.435 e. The summed E-state index contributed by atoms with van der Waals surface area (Å²) in [6, 6.07) is 13.3. The Kier molecular flexibility index (Phi) is 4.33. The van der Waals surface area contributed by atoms with E-state index < -0.39 is 17.4 Å². The molecule has 4 aromatic heterocycles. The highest BCUT2D eigenvalue weighted by Crippen LogP contribution is 2.38. The molecule has 5 aromatic rings. The van der Waals surface area contributed by atoms with Crippen molar-refractivity contribution >= 4 is 11.3 Å². The van der Waals surface area contributed by atoms with E-state index in [0.717, 1.165) is 4.52 Å². The van der Waals surface area contributed by atoms with Crippen LogP contribution in [0.5, 0.6) is 5.88 Å². The van der Waals surface area contributed by atoms with Crippen molar-refractivity contribution in [3.05, 3.63) is 76.5 Å². The van der Waals surface area contributed by atoms with Gasteiger partial charge in [-0.15, -0.1) is 0 Å². The summed E-state index contributed by atoms with van der Waals surface area (Å²) in [6.45, 7) is 1.62. The molecule has 1 aromatic carbocycles. The minimum absolute atomic E-state index is 0.0314. The van der Waals surface area contributed by atoms with Crippen molar-refractivity contribution in [2.24, 2.45) is 0 Å². The number of pyridine rings is 1. The summed E-state index contributed by atoms with van der Waals surface area (Å²) in [6.07, 6.45) is -3.15. The monoisotopic (exact) mass is 439 g/mol. The number of imidazole rings is 1. The highest BCUT2D eigenvalue weighted by atomic mass is 19.4. The second-order valence-electron chi connectivity index (χ2n) is 7.20. The molecule has 0 aliphatic carbocycles. The molecule has 7 nitrogen and oxygen atoms in total. The van der Waals surface area contributed by atoms with Crippen LogP contribution in [0, 0.1) is 6.92 Å². The summed E-state index contributed by atoms with van der Waals surface area (Å²) >= 11 is 0. The van der Waals surface area contributed by atoms with Crippen molar-refractivity contribution in [1.82, 2.24) is 24.0 Å². The van der Waals surface area contributed by atoms with E-state index in [-0.39, 0.29) is 16.8 Å². The van der Waals surface area contributed by atoms with Crippen molar-refractivity contribution in [1.29, 1.82) is 0 Å². The Labute approximate surface area is 178 Å². The molecule has 0 aliphatic rings. The molecular formula is C22H16F3N5O2. The third kappa shape index (κ3) is 2.95. The van der Waals surface area contributed by atoms with Gasteiger partial charge in [0.05, 0.1) is 23.9 Å². The molecule has 0 radical (unpaired) electrons. The Balaban J connectivity index is 1.82. The van der Waals surface area contributed by atoms with Crippen molar-refractivity contribution < 1.29 is 17.9 Å². The van der Waals surface area contributed by atoms with Gasteiger partial charge in [0.2, 0.25) is 0 Å². The molecule has 10 heteroatoms. The SMILES string of the molecule is COc1cccc2nc(-c3c(C)[nH]c4c(-c5ccccc5)c(C(F)(F)F)nn4c3=O)cn12. The van der Waals surface area contributed by atoms with Gasteiger partial charge in [-0.05, 0) is 24.6 Å². The highest BCUT2D eigenvalue weighted by molar-refractivity contribution is 5.81. The van der Waals surface area contributed by atoms with Crippen LogP contribution in [0.2, 0.25) is 0 Å². The zero-order chi connectivity index (χ0) is 22.6. The standard InChI is InChI=1S/C22H16F3N5O2/c1-12-17(14-11-29-15(27-14)9-6-10-16(29)32-2)21(31)30-20(26-12)18(13-7-4-3-5-8-13)19(28-30)22(23,24)25/h3-11,26H,1-2H3. The van der Waals surface area contributed by atoms with Gasteiger partial charge in [-0.25, -0.2) is 4.98 Å². The summed E-state index contributed by atoms with van der Waals surface area (Å²) in [4.78, 5) is 20.7. The molecular weight excluding hydrogens is 423 g/mol. The van der Waals surface area contributed by atoms with Crippen LogP contribution in [0.1, 0.15) is 11.4 Å². The van der Waals surface area contributed by atoms with E-state index in [9.17, 15) is 18.0 Å². The second kappa shape index (κ2) is 6.98. The molecule has 0 aliphatic heterocycles. The van der Waals surface area contributed by atoms with Crippen LogP contribution in [0.15, 0.2) is 59.5 Å². The van der Waals surface area contributed by atoms with Gasteiger partial charge in [0, 0.05) is 11.9 Å². The Morgan fingerprint density at radius 3 is 2.47 bits per heavy atom. The molecule has 0 bridgehead atoms. The first kappa shape index (κ1) is 19.9. The molecule has 0 spiro atoms. The largest absolute Gasteiger partial charge is 0.482 e. The fraction of sp³-hybridized carbons (Fsp3) is 0.136. The van der Waals surface area contributed by atoms with Gasteiger partial charge >= 0.3 is 6.18 Å². The molecule has 0 fully saturated rings. The Morgan fingerprint density at radius 1 is 1.03 bits per heavy atom. The minimum Gasteiger partial charge on any atom is -0.482 e. The fourth-order valence-electron chi connectivity index (χ4n) is 3.84. The lowest BCUT2D eigenvalue weighted by Crippen LogP contribution is -2.20. The number of rotatable bonds is 3. The summed E-state index contributed by atoms with van der Waals surface area (Å²) < 4.78 is 49.2. The van der Waals surface area contributed by atoms with Crippen LogP contribution >= 0.6 is 0 Å². The highest BCUT2D eigenvalue weighted by Gasteiger charge is 2.39. The number of nitrogens with one attached hydrogen (secondary N) is 1. The first-order valence-corrected chi connectivity index (χ1v) is 9.60. The summed E-state index contributed by atoms with van der Waals surface area (Å²) in [5.74, 6) is 0.501. The molecule has 4 heterocycles. The first-order chi connectivity index (χ1) is 15.3. The Hall–Kier alpha value is -4.08. The topological polar surface area (TPSA) is 76.7 Å². The van der Waals surface area contributed by atoms with Crippen molar-refractivity contribution in [3.8, 4) is 28.3 Å². The number of hydrogen-bond acceptors (Lipinski definition) is 4. The predicted molar refractivity (Wildman–Crippen MR) is 112 cm³/mol. The zero-order valence-electron chi connectivity index (χ0n) is 16.9. The molecule has 162 valence electrons. The maximum absolute atomic E-state index is 13.8. The number of H-pyrrole nitrogens is 1. The van der Waals surface area contributed by atoms with Crippen LogP contribution in [0.3, 0.4) is 0 Å². The van der Waals surface area contributed by atoms with Crippen molar-refractivity contribution in [2.45, 2.75) is 13.1 Å². The third-order valence-corrected chi connectivity index (χ3v) is 5.22. The predicted octanol–water partition coefficient (Wildman–Crippen LogP) is 4.34. The lowest BCUT2D eigenvalue weighted by molar-refractivity contribution is -0.140. The normalized spacial score (nSPS) is 12.0. The van der Waals surface area contributed by atoms with Crippen LogP contribution in [-0.4, -0.2) is 31.1 Å². The second-order valence-corrected chi connectivity index (χ2v) is 7.20. The lowest BCUT2D eigenvalue weighted by Gasteiger charge is -2.07. The van der Waals surface area contributed by atoms with Crippen LogP contribution < -0.4 is 10.3 Å². The van der Waals surface area contributed by atoms with Gasteiger partial charge in [-0.2, -0.15) is 22.8 Å². The Bertz CT molecular complexity index is 1530. The average molecular weight is 439 g/mol. The quantitative estimate of drug-likeness (QED) is 0.454. The summed E-state index contributed by atoms with van der Waals surface area (Å²) in [5.41, 5.74) is -0.431. The Morgan fingerprint density at radius 2 is 1.78 bits per heavy atom. The minimum atomic E-state index is -4.75. The summed E-state index contributed by atoms with van der Waals surface area (Å²) in [7, 11) is 1.51. The average Bonchev–Trinajstić information content (AvgIpc) is 3.36. The first-order valence-electron chi connectivity index (χ1n) is 9.60. The van der Waals surface area contributed by atoms with Gasteiger partial charge in [0.25, 0.3) is 5.56 Å². The van der Waals surface area contributed by atoms with Crippen molar-refractivity contribution in [3.63, 3.8) is 0 Å². The number of halogens is 3. The van der Waals surface area contributed by atoms with Crippen molar-refractivity contribution in [2.75, 3.05) is 7.11 Å². The third-order valence-electron chi connectivity index (χ3n) is 5.22. The number of benzene rings is 1. The number of hydrogen-bond donors (Lipinski definition) is 1. The number of ether oxygens (including phenoxy) is 1. The van der Waals surface area contributed by atoms with Gasteiger partial charge < -0.3 is 9.72 Å². The van der Waals surface area contributed by atoms with E-state index in [2.05, 4.69) is 15.1 Å². The molecule has 0 saturated carbocycles. The molecule has 0 amide bonds. The maximum atomic E-state index is 13.8. The van der Waals surface area contributed by atoms with E-state index in [1.807, 2.05) is 0 Å². The molecule has 32 heavy (non-hydrogen) atoms. The molecule has 0 saturated heterocycles. The van der Waals surface area contributed by atoms with Gasteiger partial charge in [-0.1, -0.05) is 36.4 Å². The van der Waals surface area contributed by atoms with Gasteiger partial charge in [0.15, 0.2) is 11.6 Å². The van der Waals surface area contributed by atoms with Crippen LogP contribution in [0.4, 0.5) is 13.2 Å². The smallest absolute Gasteiger partial charge is 0.435 e. The number of aryl methyl sites for hydroxylation is 1. The molecule has 5 rings (SSSR count). The number of fused-ring (bicyclic) bond motifs is 2. The van der Waals surface area contributed by atoms with E-state index in [4.69, 9.17) is 4.74 Å². The molecule has 0 unspecified atom stereocenters. The number of methoxy groups -OCH3 is 1. The number of alkyl halides is 3. The van der Waals surface area contributed by atoms with E-state index >= 15 is 0 Å². The van der Waals surface area contributed by atoms with Crippen LogP contribution in [-0.2, 0) is 6.18 Å². The molecule has 1 N–H and O–H groups in total. The zero-order valence-corrected chi connectivity index (χ0v) is 16.9. The number of nitrogens with zero attached hydrogens (tertiary/aromatic N) is 4.